The number of hydrogen-bond acceptors (Lipinski definition) is 3. The third kappa shape index (κ3) is 4.92. The number of nitrogen functional groups attached to an aromatic ring is 1. The molecular formula is C21H27ClN2O2. The van der Waals surface area contributed by atoms with Gasteiger partial charge in [-0.15, -0.1) is 12.4 Å². The second-order valence-electron chi connectivity index (χ2n) is 6.84. The highest BCUT2D eigenvalue weighted by Gasteiger charge is 2.24. The first kappa shape index (κ1) is 20.1. The second-order valence-corrected chi connectivity index (χ2v) is 6.84. The van der Waals surface area contributed by atoms with Crippen molar-refractivity contribution in [2.75, 3.05) is 18.8 Å². The van der Waals surface area contributed by atoms with Gasteiger partial charge in [-0.1, -0.05) is 30.3 Å². The van der Waals surface area contributed by atoms with Crippen LogP contribution in [-0.4, -0.2) is 30.0 Å². The lowest BCUT2D eigenvalue weighted by atomic mass is 10.0. The lowest BCUT2D eigenvalue weighted by molar-refractivity contribution is -0.132. The van der Waals surface area contributed by atoms with E-state index in [0.29, 0.717) is 6.42 Å². The van der Waals surface area contributed by atoms with E-state index in [-0.39, 0.29) is 24.4 Å². The summed E-state index contributed by atoms with van der Waals surface area (Å²) in [4.78, 5) is 14.4. The quantitative estimate of drug-likeness (QED) is 0.825. The highest BCUT2D eigenvalue weighted by Crippen LogP contribution is 2.26. The highest BCUT2D eigenvalue weighted by atomic mass is 35.5. The monoisotopic (exact) mass is 374 g/mol. The molecule has 5 heteroatoms. The van der Waals surface area contributed by atoms with Crippen molar-refractivity contribution in [3.8, 4) is 5.75 Å². The molecule has 2 aromatic carbocycles. The summed E-state index contributed by atoms with van der Waals surface area (Å²) in [6.07, 6.45) is 2.37. The maximum absolute atomic E-state index is 12.5. The van der Waals surface area contributed by atoms with Crippen LogP contribution in [0, 0.1) is 13.8 Å². The number of amides is 1. The SMILES string of the molecule is Cc1cccc(C)c1OC1CCN(C(=O)Cc2ccc(N)cc2)CC1.Cl. The Morgan fingerprint density at radius 1 is 1.08 bits per heavy atom. The molecule has 0 unspecified atom stereocenters. The molecule has 0 aliphatic carbocycles. The van der Waals surface area contributed by atoms with Gasteiger partial charge in [0.2, 0.25) is 5.91 Å². The molecule has 2 N–H and O–H groups in total. The first-order valence-electron chi connectivity index (χ1n) is 8.88. The third-order valence-electron chi connectivity index (χ3n) is 4.82. The number of aryl methyl sites for hydroxylation is 2. The standard InChI is InChI=1S/C21H26N2O2.ClH/c1-15-4-3-5-16(2)21(15)25-19-10-12-23(13-11-19)20(24)14-17-6-8-18(22)9-7-17;/h3-9,19H,10-14,22H2,1-2H3;1H. The van der Waals surface area contributed by atoms with Crippen molar-refractivity contribution in [2.45, 2.75) is 39.2 Å². The van der Waals surface area contributed by atoms with Crippen LogP contribution < -0.4 is 10.5 Å². The molecule has 1 aliphatic heterocycles. The van der Waals surface area contributed by atoms with Crippen molar-refractivity contribution in [2.24, 2.45) is 0 Å². The van der Waals surface area contributed by atoms with Gasteiger partial charge >= 0.3 is 0 Å². The molecule has 0 radical (unpaired) electrons. The minimum atomic E-state index is 0. The first-order chi connectivity index (χ1) is 12.0. The van der Waals surface area contributed by atoms with Gasteiger partial charge < -0.3 is 15.4 Å². The number of nitrogens with two attached hydrogens (primary N) is 1. The molecule has 1 saturated heterocycles. The van der Waals surface area contributed by atoms with E-state index < -0.39 is 0 Å². The maximum Gasteiger partial charge on any atom is 0.226 e. The number of nitrogens with zero attached hydrogens (tertiary/aromatic N) is 1. The van der Waals surface area contributed by atoms with E-state index in [0.717, 1.165) is 42.9 Å². The summed E-state index contributed by atoms with van der Waals surface area (Å²) >= 11 is 0. The van der Waals surface area contributed by atoms with Crippen molar-refractivity contribution < 1.29 is 9.53 Å². The number of likely N-dealkylation sites (tertiary alicyclic amines) is 1. The molecule has 4 nitrogen and oxygen atoms in total. The van der Waals surface area contributed by atoms with Crippen LogP contribution in [0.4, 0.5) is 5.69 Å². The fourth-order valence-corrected chi connectivity index (χ4v) is 3.30. The van der Waals surface area contributed by atoms with Crippen LogP contribution >= 0.6 is 12.4 Å². The topological polar surface area (TPSA) is 55.6 Å². The number of hydrogen-bond donors (Lipinski definition) is 1. The normalized spacial score (nSPS) is 14.6. The molecule has 0 atom stereocenters. The Morgan fingerprint density at radius 3 is 2.23 bits per heavy atom. The summed E-state index contributed by atoms with van der Waals surface area (Å²) in [5, 5.41) is 0. The van der Waals surface area contributed by atoms with Crippen molar-refractivity contribution >= 4 is 24.0 Å². The molecule has 140 valence electrons. The van der Waals surface area contributed by atoms with Crippen molar-refractivity contribution in [3.05, 3.63) is 59.2 Å². The fourth-order valence-electron chi connectivity index (χ4n) is 3.30. The molecule has 0 saturated carbocycles. The number of carbonyl (C=O) groups excluding carboxylic acids is 1. The van der Waals surface area contributed by atoms with E-state index >= 15 is 0 Å². The van der Waals surface area contributed by atoms with Gasteiger partial charge in [-0.2, -0.15) is 0 Å². The van der Waals surface area contributed by atoms with E-state index in [1.807, 2.05) is 29.2 Å². The fraction of sp³-hybridized carbons (Fsp3) is 0.381. The molecule has 1 aliphatic rings. The van der Waals surface area contributed by atoms with Gasteiger partial charge in [0.25, 0.3) is 0 Å². The van der Waals surface area contributed by atoms with Crippen molar-refractivity contribution in [1.29, 1.82) is 0 Å². The first-order valence-corrected chi connectivity index (χ1v) is 8.88. The summed E-state index contributed by atoms with van der Waals surface area (Å²) in [7, 11) is 0. The average molecular weight is 375 g/mol. The van der Waals surface area contributed by atoms with Gasteiger partial charge in [-0.3, -0.25) is 4.79 Å². The van der Waals surface area contributed by atoms with Crippen LogP contribution in [0.25, 0.3) is 0 Å². The predicted molar refractivity (Wildman–Crippen MR) is 108 cm³/mol. The Kier molecular flexibility index (Phi) is 6.92. The minimum absolute atomic E-state index is 0. The van der Waals surface area contributed by atoms with E-state index in [1.165, 1.54) is 11.1 Å². The summed E-state index contributed by atoms with van der Waals surface area (Å²) in [6, 6.07) is 13.7. The van der Waals surface area contributed by atoms with Gasteiger partial charge in [0.1, 0.15) is 11.9 Å². The molecular weight excluding hydrogens is 348 g/mol. The van der Waals surface area contributed by atoms with Gasteiger partial charge in [0.15, 0.2) is 0 Å². The molecule has 2 aromatic rings. The zero-order valence-corrected chi connectivity index (χ0v) is 16.2. The Bertz CT molecular complexity index is 718. The zero-order valence-electron chi connectivity index (χ0n) is 15.4. The van der Waals surface area contributed by atoms with Crippen LogP contribution in [0.5, 0.6) is 5.75 Å². The van der Waals surface area contributed by atoms with Crippen molar-refractivity contribution in [1.82, 2.24) is 4.90 Å². The predicted octanol–water partition coefficient (Wildman–Crippen LogP) is 3.92. The summed E-state index contributed by atoms with van der Waals surface area (Å²) in [5.74, 6) is 1.17. The number of piperidine rings is 1. The lowest BCUT2D eigenvalue weighted by Gasteiger charge is -2.33. The number of halogens is 1. The van der Waals surface area contributed by atoms with Gasteiger partial charge in [-0.25, -0.2) is 0 Å². The van der Waals surface area contributed by atoms with Crippen LogP contribution in [0.1, 0.15) is 29.5 Å². The Balaban J connectivity index is 0.00000243. The minimum Gasteiger partial charge on any atom is -0.490 e. The number of rotatable bonds is 4. The average Bonchev–Trinajstić information content (AvgIpc) is 2.61. The Labute approximate surface area is 161 Å². The summed E-state index contributed by atoms with van der Waals surface area (Å²) in [5.41, 5.74) is 9.76. The van der Waals surface area contributed by atoms with E-state index in [1.54, 1.807) is 0 Å². The summed E-state index contributed by atoms with van der Waals surface area (Å²) < 4.78 is 6.22. The number of anilines is 1. The Morgan fingerprint density at radius 2 is 1.65 bits per heavy atom. The van der Waals surface area contributed by atoms with Crippen LogP contribution in [0.15, 0.2) is 42.5 Å². The molecule has 0 aromatic heterocycles. The zero-order chi connectivity index (χ0) is 17.8. The smallest absolute Gasteiger partial charge is 0.226 e. The van der Waals surface area contributed by atoms with E-state index in [2.05, 4.69) is 32.0 Å². The number of ether oxygens (including phenoxy) is 1. The number of para-hydroxylation sites is 1. The molecule has 1 heterocycles. The highest BCUT2D eigenvalue weighted by molar-refractivity contribution is 5.85. The Hall–Kier alpha value is -2.20. The van der Waals surface area contributed by atoms with Gasteiger partial charge in [0, 0.05) is 31.6 Å². The molecule has 26 heavy (non-hydrogen) atoms. The molecule has 1 fully saturated rings. The summed E-state index contributed by atoms with van der Waals surface area (Å²) in [6.45, 7) is 5.66. The van der Waals surface area contributed by atoms with Crippen LogP contribution in [0.3, 0.4) is 0 Å². The van der Waals surface area contributed by atoms with Gasteiger partial charge in [-0.05, 0) is 42.7 Å². The van der Waals surface area contributed by atoms with Crippen LogP contribution in [-0.2, 0) is 11.2 Å². The molecule has 1 amide bonds. The number of carbonyl (C=O) groups is 1. The largest absolute Gasteiger partial charge is 0.490 e. The molecule has 0 spiro atoms. The second kappa shape index (κ2) is 8.95. The lowest BCUT2D eigenvalue weighted by Crippen LogP contribution is -2.42. The molecule has 0 bridgehead atoms. The van der Waals surface area contributed by atoms with Crippen molar-refractivity contribution in [3.63, 3.8) is 0 Å². The van der Waals surface area contributed by atoms with E-state index in [4.69, 9.17) is 10.5 Å². The van der Waals surface area contributed by atoms with Crippen LogP contribution in [0.2, 0.25) is 0 Å². The van der Waals surface area contributed by atoms with Gasteiger partial charge in [0.05, 0.1) is 6.42 Å². The number of benzene rings is 2. The van der Waals surface area contributed by atoms with E-state index in [9.17, 15) is 4.79 Å². The molecule has 3 rings (SSSR count). The third-order valence-corrected chi connectivity index (χ3v) is 4.82. The maximum atomic E-state index is 12.5.